The number of aromatic nitrogens is 4. The van der Waals surface area contributed by atoms with Crippen LogP contribution < -0.4 is 0 Å². The molecule has 2 aromatic heterocycles. The average molecular weight is 325 g/mol. The molecule has 0 N–H and O–H groups in total. The number of nitrogens with zero attached hydrogens (tertiary/aromatic N) is 5. The van der Waals surface area contributed by atoms with Crippen molar-refractivity contribution >= 4 is 5.91 Å². The molecule has 0 spiro atoms. The van der Waals surface area contributed by atoms with E-state index in [0.29, 0.717) is 18.3 Å². The Bertz CT molecular complexity index is 782. The zero-order valence-electron chi connectivity index (χ0n) is 13.7. The van der Waals surface area contributed by atoms with E-state index >= 15 is 0 Å². The third-order valence-corrected chi connectivity index (χ3v) is 3.68. The van der Waals surface area contributed by atoms with Crippen LogP contribution in [0.15, 0.2) is 53.2 Å². The monoisotopic (exact) mass is 325 g/mol. The highest BCUT2D eigenvalue weighted by atomic mass is 16.4. The van der Waals surface area contributed by atoms with Crippen LogP contribution in [0.1, 0.15) is 12.8 Å². The Labute approximate surface area is 139 Å². The fraction of sp³-hybridized carbons (Fsp3) is 0.294. The Morgan fingerprint density at radius 3 is 2.75 bits per heavy atom. The molecule has 124 valence electrons. The van der Waals surface area contributed by atoms with E-state index in [2.05, 4.69) is 15.3 Å². The second-order valence-electron chi connectivity index (χ2n) is 5.69. The molecule has 1 unspecified atom stereocenters. The summed E-state index contributed by atoms with van der Waals surface area (Å²) in [5.41, 5.74) is 0.859. The van der Waals surface area contributed by atoms with Gasteiger partial charge in [0.1, 0.15) is 0 Å². The Morgan fingerprint density at radius 2 is 2.04 bits per heavy atom. The molecule has 2 heterocycles. The molecule has 0 radical (unpaired) electrons. The minimum absolute atomic E-state index is 0.00459. The molecule has 1 aromatic carbocycles. The highest BCUT2D eigenvalue weighted by Gasteiger charge is 2.20. The van der Waals surface area contributed by atoms with Gasteiger partial charge in [-0.3, -0.25) is 9.48 Å². The van der Waals surface area contributed by atoms with Crippen LogP contribution in [0.2, 0.25) is 0 Å². The Hall–Kier alpha value is -2.96. The summed E-state index contributed by atoms with van der Waals surface area (Å²) >= 11 is 0. The predicted octanol–water partition coefficient (Wildman–Crippen LogP) is 2.23. The first kappa shape index (κ1) is 15.9. The number of carbonyl (C=O) groups excluding carboxylic acids is 1. The van der Waals surface area contributed by atoms with Crippen molar-refractivity contribution in [3.05, 3.63) is 54.7 Å². The van der Waals surface area contributed by atoms with Crippen molar-refractivity contribution in [1.29, 1.82) is 0 Å². The van der Waals surface area contributed by atoms with E-state index in [1.54, 1.807) is 22.8 Å². The first-order valence-electron chi connectivity index (χ1n) is 7.73. The topological polar surface area (TPSA) is 77.1 Å². The molecule has 7 heteroatoms. The van der Waals surface area contributed by atoms with E-state index in [-0.39, 0.29) is 18.4 Å². The van der Waals surface area contributed by atoms with Gasteiger partial charge in [-0.25, -0.2) is 0 Å². The highest BCUT2D eigenvalue weighted by molar-refractivity contribution is 5.78. The highest BCUT2D eigenvalue weighted by Crippen LogP contribution is 2.17. The minimum Gasteiger partial charge on any atom is -0.419 e. The fourth-order valence-corrected chi connectivity index (χ4v) is 2.44. The van der Waals surface area contributed by atoms with Crippen molar-refractivity contribution in [3.8, 4) is 11.5 Å². The molecule has 3 rings (SSSR count). The zero-order chi connectivity index (χ0) is 16.9. The van der Waals surface area contributed by atoms with Crippen molar-refractivity contribution < 1.29 is 9.21 Å². The van der Waals surface area contributed by atoms with Gasteiger partial charge in [-0.1, -0.05) is 25.1 Å². The maximum atomic E-state index is 12.4. The normalized spacial score (nSPS) is 12.1. The summed E-state index contributed by atoms with van der Waals surface area (Å²) in [5, 5.41) is 12.2. The molecule has 1 amide bonds. The third-order valence-electron chi connectivity index (χ3n) is 3.68. The van der Waals surface area contributed by atoms with Crippen LogP contribution >= 0.6 is 0 Å². The minimum atomic E-state index is -0.189. The molecule has 0 saturated carbocycles. The SMILES string of the molecule is CC(Cn1cccn1)C(=O)N(C)Cc1nnc(-c2ccccc2)o1. The first-order valence-corrected chi connectivity index (χ1v) is 7.73. The molecule has 0 bridgehead atoms. The first-order chi connectivity index (χ1) is 11.6. The number of carbonyl (C=O) groups is 1. The molecule has 1 atom stereocenters. The zero-order valence-corrected chi connectivity index (χ0v) is 13.7. The van der Waals surface area contributed by atoms with Crippen LogP contribution in [0.25, 0.3) is 11.5 Å². The van der Waals surface area contributed by atoms with Crippen molar-refractivity contribution in [2.75, 3.05) is 7.05 Å². The van der Waals surface area contributed by atoms with E-state index in [9.17, 15) is 4.79 Å². The van der Waals surface area contributed by atoms with Gasteiger partial charge >= 0.3 is 0 Å². The second-order valence-corrected chi connectivity index (χ2v) is 5.69. The Balaban J connectivity index is 1.61. The summed E-state index contributed by atoms with van der Waals surface area (Å²) in [7, 11) is 1.73. The average Bonchev–Trinajstić information content (AvgIpc) is 3.27. The van der Waals surface area contributed by atoms with Gasteiger partial charge in [0.25, 0.3) is 0 Å². The lowest BCUT2D eigenvalue weighted by Crippen LogP contribution is -2.33. The Kier molecular flexibility index (Phi) is 4.69. The van der Waals surface area contributed by atoms with Crippen molar-refractivity contribution in [3.63, 3.8) is 0 Å². The lowest BCUT2D eigenvalue weighted by atomic mass is 10.1. The predicted molar refractivity (Wildman–Crippen MR) is 87.6 cm³/mol. The lowest BCUT2D eigenvalue weighted by Gasteiger charge is -2.19. The number of amides is 1. The molecule has 0 saturated heterocycles. The third kappa shape index (κ3) is 3.68. The van der Waals surface area contributed by atoms with Crippen molar-refractivity contribution in [1.82, 2.24) is 24.9 Å². The van der Waals surface area contributed by atoms with E-state index in [1.807, 2.05) is 49.5 Å². The fourth-order valence-electron chi connectivity index (χ4n) is 2.44. The van der Waals surface area contributed by atoms with Crippen LogP contribution in [-0.2, 0) is 17.9 Å². The van der Waals surface area contributed by atoms with E-state index in [4.69, 9.17) is 4.42 Å². The number of benzene rings is 1. The van der Waals surface area contributed by atoms with Gasteiger partial charge in [-0.15, -0.1) is 10.2 Å². The summed E-state index contributed by atoms with van der Waals surface area (Å²) in [6.45, 7) is 2.70. The van der Waals surface area contributed by atoms with Gasteiger partial charge in [-0.2, -0.15) is 5.10 Å². The molecule has 7 nitrogen and oxygen atoms in total. The van der Waals surface area contributed by atoms with Crippen molar-refractivity contribution in [2.24, 2.45) is 5.92 Å². The molecule has 0 aliphatic rings. The quantitative estimate of drug-likeness (QED) is 0.694. The molecular weight excluding hydrogens is 306 g/mol. The molecule has 24 heavy (non-hydrogen) atoms. The van der Waals surface area contributed by atoms with Crippen LogP contribution in [0.5, 0.6) is 0 Å². The van der Waals surface area contributed by atoms with Gasteiger partial charge < -0.3 is 9.32 Å². The van der Waals surface area contributed by atoms with Crippen LogP contribution in [0.4, 0.5) is 0 Å². The number of hydrogen-bond acceptors (Lipinski definition) is 5. The molecule has 0 fully saturated rings. The standard InChI is InChI=1S/C17H19N5O2/c1-13(11-22-10-6-9-18-22)17(23)21(2)12-15-19-20-16(24-15)14-7-4-3-5-8-14/h3-10,13H,11-12H2,1-2H3. The maximum absolute atomic E-state index is 12.4. The summed E-state index contributed by atoms with van der Waals surface area (Å²) < 4.78 is 7.39. The van der Waals surface area contributed by atoms with Crippen molar-refractivity contribution in [2.45, 2.75) is 20.0 Å². The van der Waals surface area contributed by atoms with Crippen LogP contribution in [0.3, 0.4) is 0 Å². The molecule has 3 aromatic rings. The van der Waals surface area contributed by atoms with Gasteiger partial charge in [0.15, 0.2) is 0 Å². The molecular formula is C17H19N5O2. The van der Waals surface area contributed by atoms with Gasteiger partial charge in [-0.05, 0) is 18.2 Å². The summed E-state index contributed by atoms with van der Waals surface area (Å²) in [6.07, 6.45) is 3.54. The lowest BCUT2D eigenvalue weighted by molar-refractivity contribution is -0.135. The van der Waals surface area contributed by atoms with Crippen LogP contribution in [-0.4, -0.2) is 37.8 Å². The summed E-state index contributed by atoms with van der Waals surface area (Å²) in [5.74, 6) is 0.684. The van der Waals surface area contributed by atoms with Gasteiger partial charge in [0, 0.05) is 25.0 Å². The smallest absolute Gasteiger partial charge is 0.247 e. The van der Waals surface area contributed by atoms with Gasteiger partial charge in [0.05, 0.1) is 19.0 Å². The van der Waals surface area contributed by atoms with E-state index in [0.717, 1.165) is 5.56 Å². The number of hydrogen-bond donors (Lipinski definition) is 0. The van der Waals surface area contributed by atoms with Gasteiger partial charge in [0.2, 0.25) is 17.7 Å². The second kappa shape index (κ2) is 7.08. The summed E-state index contributed by atoms with van der Waals surface area (Å²) in [6, 6.07) is 11.4. The van der Waals surface area contributed by atoms with E-state index in [1.165, 1.54) is 0 Å². The molecule has 0 aliphatic heterocycles. The summed E-state index contributed by atoms with van der Waals surface area (Å²) in [4.78, 5) is 14.0. The largest absolute Gasteiger partial charge is 0.419 e. The van der Waals surface area contributed by atoms with Crippen LogP contribution in [0, 0.1) is 5.92 Å². The van der Waals surface area contributed by atoms with E-state index < -0.39 is 0 Å². The molecule has 0 aliphatic carbocycles. The maximum Gasteiger partial charge on any atom is 0.247 e. The number of rotatable bonds is 6. The Morgan fingerprint density at radius 1 is 1.25 bits per heavy atom.